The zero-order chi connectivity index (χ0) is 16.2. The zero-order valence-corrected chi connectivity index (χ0v) is 13.7. The number of hydrogen-bond donors (Lipinski definition) is 3. The van der Waals surface area contributed by atoms with Gasteiger partial charge in [-0.2, -0.15) is 0 Å². The van der Waals surface area contributed by atoms with E-state index in [-0.39, 0.29) is 35.2 Å². The van der Waals surface area contributed by atoms with Crippen LogP contribution in [0.3, 0.4) is 0 Å². The second-order valence-electron chi connectivity index (χ2n) is 7.12. The molecule has 4 N–H and O–H groups in total. The van der Waals surface area contributed by atoms with Crippen LogP contribution in [0, 0.1) is 17.3 Å². The first kappa shape index (κ1) is 18.0. The minimum absolute atomic E-state index is 0.0528. The van der Waals surface area contributed by atoms with Crippen molar-refractivity contribution in [3.63, 3.8) is 0 Å². The Morgan fingerprint density at radius 2 is 2.00 bits per heavy atom. The van der Waals surface area contributed by atoms with E-state index >= 15 is 0 Å². The normalized spacial score (nSPS) is 29.7. The predicted octanol–water partition coefficient (Wildman–Crippen LogP) is 2.15. The molecule has 0 spiro atoms. The summed E-state index contributed by atoms with van der Waals surface area (Å²) < 4.78 is 0. The van der Waals surface area contributed by atoms with Gasteiger partial charge in [0, 0.05) is 18.5 Å². The first-order valence-electron chi connectivity index (χ1n) is 7.94. The Morgan fingerprint density at radius 3 is 2.52 bits per heavy atom. The fourth-order valence-corrected chi connectivity index (χ4v) is 3.31. The van der Waals surface area contributed by atoms with Crippen molar-refractivity contribution in [3.05, 3.63) is 0 Å². The Bertz CT molecular complexity index is 380. The molecule has 1 rings (SSSR count). The Kier molecular flexibility index (Phi) is 6.20. The van der Waals surface area contributed by atoms with Gasteiger partial charge in [0.1, 0.15) is 0 Å². The number of amides is 1. The van der Waals surface area contributed by atoms with Crippen molar-refractivity contribution in [1.82, 2.24) is 5.32 Å². The Balaban J connectivity index is 2.54. The molecule has 1 amide bonds. The summed E-state index contributed by atoms with van der Waals surface area (Å²) in [6.45, 7) is 7.97. The Hall–Kier alpha value is -1.10. The van der Waals surface area contributed by atoms with Gasteiger partial charge >= 0.3 is 5.97 Å². The van der Waals surface area contributed by atoms with Gasteiger partial charge in [-0.15, -0.1) is 0 Å². The predicted molar refractivity (Wildman–Crippen MR) is 82.7 cm³/mol. The highest BCUT2D eigenvalue weighted by Gasteiger charge is 2.46. The van der Waals surface area contributed by atoms with E-state index in [0.29, 0.717) is 12.8 Å². The maximum Gasteiger partial charge on any atom is 0.307 e. The number of rotatable bonds is 6. The van der Waals surface area contributed by atoms with Crippen LogP contribution in [0.2, 0.25) is 0 Å². The lowest BCUT2D eigenvalue weighted by Gasteiger charge is -2.46. The largest absolute Gasteiger partial charge is 0.481 e. The molecule has 1 fully saturated rings. The van der Waals surface area contributed by atoms with E-state index in [2.05, 4.69) is 5.32 Å². The average Bonchev–Trinajstić information content (AvgIpc) is 2.34. The van der Waals surface area contributed by atoms with Crippen LogP contribution < -0.4 is 11.1 Å². The molecular weight excluding hydrogens is 268 g/mol. The molecule has 4 atom stereocenters. The van der Waals surface area contributed by atoms with Crippen LogP contribution in [0.4, 0.5) is 0 Å². The molecule has 1 aliphatic rings. The van der Waals surface area contributed by atoms with E-state index < -0.39 is 5.97 Å². The van der Waals surface area contributed by atoms with E-state index in [4.69, 9.17) is 5.73 Å². The van der Waals surface area contributed by atoms with Gasteiger partial charge in [0.25, 0.3) is 0 Å². The van der Waals surface area contributed by atoms with Crippen LogP contribution in [-0.4, -0.2) is 29.1 Å². The van der Waals surface area contributed by atoms with Crippen molar-refractivity contribution in [2.75, 3.05) is 0 Å². The van der Waals surface area contributed by atoms with E-state index in [1.165, 1.54) is 0 Å². The number of carboxylic acid groups (broad SMARTS) is 1. The monoisotopic (exact) mass is 298 g/mol. The van der Waals surface area contributed by atoms with Gasteiger partial charge in [-0.25, -0.2) is 0 Å². The van der Waals surface area contributed by atoms with Crippen LogP contribution in [0.1, 0.15) is 59.8 Å². The van der Waals surface area contributed by atoms with Gasteiger partial charge in [0.05, 0.1) is 5.92 Å². The number of nitrogens with one attached hydrogen (secondary N) is 1. The summed E-state index contributed by atoms with van der Waals surface area (Å²) in [4.78, 5) is 23.3. The molecule has 5 heteroatoms. The molecule has 0 aromatic carbocycles. The molecule has 122 valence electrons. The third-order valence-corrected chi connectivity index (χ3v) is 5.15. The molecule has 0 radical (unpaired) electrons. The summed E-state index contributed by atoms with van der Waals surface area (Å²) >= 11 is 0. The minimum atomic E-state index is -0.728. The number of nitrogens with two attached hydrogens (primary N) is 1. The smallest absolute Gasteiger partial charge is 0.307 e. The summed E-state index contributed by atoms with van der Waals surface area (Å²) in [7, 11) is 0. The van der Waals surface area contributed by atoms with Gasteiger partial charge in [-0.05, 0) is 43.9 Å². The zero-order valence-electron chi connectivity index (χ0n) is 13.7. The van der Waals surface area contributed by atoms with Gasteiger partial charge in [0.2, 0.25) is 5.91 Å². The molecular formula is C16H30N2O3. The van der Waals surface area contributed by atoms with Crippen LogP contribution in [0.15, 0.2) is 0 Å². The number of carbonyl (C=O) groups is 2. The van der Waals surface area contributed by atoms with Crippen molar-refractivity contribution >= 4 is 11.9 Å². The van der Waals surface area contributed by atoms with Crippen molar-refractivity contribution in [3.8, 4) is 0 Å². The van der Waals surface area contributed by atoms with Crippen molar-refractivity contribution < 1.29 is 14.7 Å². The highest BCUT2D eigenvalue weighted by atomic mass is 16.4. The van der Waals surface area contributed by atoms with Crippen molar-refractivity contribution in [1.29, 1.82) is 0 Å². The van der Waals surface area contributed by atoms with Crippen LogP contribution >= 0.6 is 0 Å². The van der Waals surface area contributed by atoms with E-state index in [9.17, 15) is 14.7 Å². The maximum absolute atomic E-state index is 12.0. The SMILES string of the molecule is CC(N)CCCC(=O)NC1CCC(C(=O)O)C(C)(C)C1C. The molecule has 0 aromatic heterocycles. The minimum Gasteiger partial charge on any atom is -0.481 e. The summed E-state index contributed by atoms with van der Waals surface area (Å²) in [5.74, 6) is -0.867. The van der Waals surface area contributed by atoms with Gasteiger partial charge in [-0.1, -0.05) is 20.8 Å². The fraction of sp³-hybridized carbons (Fsp3) is 0.875. The van der Waals surface area contributed by atoms with E-state index in [1.807, 2.05) is 27.7 Å². The summed E-state index contributed by atoms with van der Waals surface area (Å²) in [6.07, 6.45) is 3.50. The van der Waals surface area contributed by atoms with Crippen LogP contribution in [0.5, 0.6) is 0 Å². The lowest BCUT2D eigenvalue weighted by molar-refractivity contribution is -0.150. The molecule has 0 aliphatic heterocycles. The molecule has 0 bridgehead atoms. The molecule has 1 saturated carbocycles. The van der Waals surface area contributed by atoms with Crippen LogP contribution in [0.25, 0.3) is 0 Å². The van der Waals surface area contributed by atoms with E-state index in [1.54, 1.807) is 0 Å². The lowest BCUT2D eigenvalue weighted by atomic mass is 9.61. The summed E-state index contributed by atoms with van der Waals surface area (Å²) in [6, 6.07) is 0.195. The highest BCUT2D eigenvalue weighted by Crippen LogP contribution is 2.45. The standard InChI is InChI=1S/C16H30N2O3/c1-10(17)6-5-7-14(19)18-13-9-8-12(15(20)21)16(3,4)11(13)2/h10-13H,5-9,17H2,1-4H3,(H,18,19)(H,20,21). The second kappa shape index (κ2) is 7.25. The Morgan fingerprint density at radius 1 is 1.38 bits per heavy atom. The van der Waals surface area contributed by atoms with E-state index in [0.717, 1.165) is 19.3 Å². The quantitative estimate of drug-likeness (QED) is 0.700. The molecule has 0 saturated heterocycles. The third-order valence-electron chi connectivity index (χ3n) is 5.15. The molecule has 5 nitrogen and oxygen atoms in total. The van der Waals surface area contributed by atoms with Gasteiger partial charge in [-0.3, -0.25) is 9.59 Å². The average molecular weight is 298 g/mol. The highest BCUT2D eigenvalue weighted by molar-refractivity contribution is 5.76. The third kappa shape index (κ3) is 4.70. The summed E-state index contributed by atoms with van der Waals surface area (Å²) in [5.41, 5.74) is 5.37. The maximum atomic E-state index is 12.0. The number of carbonyl (C=O) groups excluding carboxylic acids is 1. The lowest BCUT2D eigenvalue weighted by Crippen LogP contribution is -2.52. The molecule has 0 heterocycles. The first-order valence-corrected chi connectivity index (χ1v) is 7.94. The number of aliphatic carboxylic acids is 1. The van der Waals surface area contributed by atoms with Gasteiger partial charge in [0.15, 0.2) is 0 Å². The van der Waals surface area contributed by atoms with Gasteiger partial charge < -0.3 is 16.2 Å². The number of hydrogen-bond acceptors (Lipinski definition) is 3. The number of carboxylic acids is 1. The Labute approximate surface area is 127 Å². The summed E-state index contributed by atoms with van der Waals surface area (Å²) in [5, 5.41) is 12.4. The molecule has 21 heavy (non-hydrogen) atoms. The molecule has 1 aliphatic carbocycles. The first-order chi connectivity index (χ1) is 9.66. The second-order valence-corrected chi connectivity index (χ2v) is 7.12. The van der Waals surface area contributed by atoms with Crippen LogP contribution in [-0.2, 0) is 9.59 Å². The van der Waals surface area contributed by atoms with Crippen molar-refractivity contribution in [2.45, 2.75) is 71.9 Å². The fourth-order valence-electron chi connectivity index (χ4n) is 3.31. The molecule has 0 aromatic rings. The van der Waals surface area contributed by atoms with Crippen molar-refractivity contribution in [2.24, 2.45) is 23.0 Å². The molecule has 4 unspecified atom stereocenters. The topological polar surface area (TPSA) is 92.4 Å².